The van der Waals surface area contributed by atoms with Gasteiger partial charge in [-0.3, -0.25) is 9.80 Å². The molecule has 0 aromatic heterocycles. The number of rotatable bonds is 5. The lowest BCUT2D eigenvalue weighted by Gasteiger charge is -2.45. The van der Waals surface area contributed by atoms with Crippen molar-refractivity contribution >= 4 is 0 Å². The van der Waals surface area contributed by atoms with Crippen LogP contribution in [0.1, 0.15) is 18.1 Å². The second kappa shape index (κ2) is 7.73. The summed E-state index contributed by atoms with van der Waals surface area (Å²) < 4.78 is 0. The van der Waals surface area contributed by atoms with Gasteiger partial charge in [-0.25, -0.2) is 0 Å². The SMILES string of the molecule is C[C@@H]1CN(Cc2ccccc2)C[C@@H](CO)N1Cc1ccccc1. The Hall–Kier alpha value is -1.68. The Balaban J connectivity index is 1.66. The van der Waals surface area contributed by atoms with E-state index in [0.717, 1.165) is 26.2 Å². The molecule has 0 spiro atoms. The topological polar surface area (TPSA) is 26.7 Å². The van der Waals surface area contributed by atoms with Crippen molar-refractivity contribution in [1.82, 2.24) is 9.80 Å². The maximum atomic E-state index is 9.87. The fourth-order valence-electron chi connectivity index (χ4n) is 3.53. The van der Waals surface area contributed by atoms with Crippen LogP contribution in [0.5, 0.6) is 0 Å². The first-order valence-corrected chi connectivity index (χ1v) is 8.43. The molecule has 23 heavy (non-hydrogen) atoms. The van der Waals surface area contributed by atoms with Gasteiger partial charge in [0.15, 0.2) is 0 Å². The summed E-state index contributed by atoms with van der Waals surface area (Å²) in [4.78, 5) is 4.90. The van der Waals surface area contributed by atoms with E-state index in [9.17, 15) is 5.11 Å². The van der Waals surface area contributed by atoms with Gasteiger partial charge in [-0.1, -0.05) is 60.7 Å². The minimum Gasteiger partial charge on any atom is -0.395 e. The average Bonchev–Trinajstić information content (AvgIpc) is 2.59. The summed E-state index contributed by atoms with van der Waals surface area (Å²) in [6.07, 6.45) is 0. The van der Waals surface area contributed by atoms with Crippen LogP contribution < -0.4 is 0 Å². The predicted octanol–water partition coefficient (Wildman–Crippen LogP) is 2.75. The number of nitrogens with zero attached hydrogens (tertiary/aromatic N) is 2. The molecule has 122 valence electrons. The Bertz CT molecular complexity index is 587. The maximum Gasteiger partial charge on any atom is 0.0599 e. The molecule has 2 aromatic rings. The zero-order valence-corrected chi connectivity index (χ0v) is 13.8. The average molecular weight is 310 g/mol. The van der Waals surface area contributed by atoms with Crippen LogP contribution in [0.25, 0.3) is 0 Å². The first-order valence-electron chi connectivity index (χ1n) is 8.43. The molecule has 1 heterocycles. The maximum absolute atomic E-state index is 9.87. The molecule has 1 N–H and O–H groups in total. The van der Waals surface area contributed by atoms with Gasteiger partial charge in [0.2, 0.25) is 0 Å². The highest BCUT2D eigenvalue weighted by Crippen LogP contribution is 2.20. The molecule has 1 aliphatic rings. The highest BCUT2D eigenvalue weighted by Gasteiger charge is 2.31. The molecular formula is C20H26N2O. The van der Waals surface area contributed by atoms with E-state index in [1.807, 2.05) is 6.07 Å². The van der Waals surface area contributed by atoms with Crippen LogP contribution >= 0.6 is 0 Å². The quantitative estimate of drug-likeness (QED) is 0.920. The molecule has 2 aromatic carbocycles. The summed E-state index contributed by atoms with van der Waals surface area (Å²) in [5.74, 6) is 0. The third kappa shape index (κ3) is 4.20. The third-order valence-corrected chi connectivity index (χ3v) is 4.69. The monoisotopic (exact) mass is 310 g/mol. The number of piperazine rings is 1. The first-order chi connectivity index (χ1) is 11.3. The van der Waals surface area contributed by atoms with Gasteiger partial charge < -0.3 is 5.11 Å². The summed E-state index contributed by atoms with van der Waals surface area (Å²) in [7, 11) is 0. The van der Waals surface area contributed by atoms with Crippen LogP contribution in [0, 0.1) is 0 Å². The zero-order valence-electron chi connectivity index (χ0n) is 13.8. The van der Waals surface area contributed by atoms with Crippen LogP contribution in [0.3, 0.4) is 0 Å². The van der Waals surface area contributed by atoms with Crippen molar-refractivity contribution in [3.8, 4) is 0 Å². The van der Waals surface area contributed by atoms with Crippen molar-refractivity contribution in [3.05, 3.63) is 71.8 Å². The molecule has 1 saturated heterocycles. The molecule has 1 fully saturated rings. The van der Waals surface area contributed by atoms with Gasteiger partial charge in [0.05, 0.1) is 6.61 Å². The number of hydrogen-bond acceptors (Lipinski definition) is 3. The molecule has 3 nitrogen and oxygen atoms in total. The van der Waals surface area contributed by atoms with Gasteiger partial charge in [-0.15, -0.1) is 0 Å². The Labute approximate surface area is 139 Å². The van der Waals surface area contributed by atoms with Crippen LogP contribution in [-0.4, -0.2) is 46.7 Å². The van der Waals surface area contributed by atoms with Crippen LogP contribution in [0.2, 0.25) is 0 Å². The van der Waals surface area contributed by atoms with Crippen molar-refractivity contribution in [2.75, 3.05) is 19.7 Å². The number of aliphatic hydroxyl groups excluding tert-OH is 1. The van der Waals surface area contributed by atoms with E-state index in [4.69, 9.17) is 0 Å². The van der Waals surface area contributed by atoms with Crippen LogP contribution in [0.15, 0.2) is 60.7 Å². The van der Waals surface area contributed by atoms with Crippen molar-refractivity contribution in [2.45, 2.75) is 32.1 Å². The molecule has 3 heteroatoms. The van der Waals surface area contributed by atoms with Gasteiger partial charge in [-0.05, 0) is 18.1 Å². The second-order valence-electron chi connectivity index (χ2n) is 6.52. The number of aliphatic hydroxyl groups is 1. The zero-order chi connectivity index (χ0) is 16.1. The van der Waals surface area contributed by atoms with E-state index in [-0.39, 0.29) is 12.6 Å². The largest absolute Gasteiger partial charge is 0.395 e. The van der Waals surface area contributed by atoms with Crippen molar-refractivity contribution in [1.29, 1.82) is 0 Å². The lowest BCUT2D eigenvalue weighted by Crippen LogP contribution is -2.58. The van der Waals surface area contributed by atoms with Crippen molar-refractivity contribution < 1.29 is 5.11 Å². The van der Waals surface area contributed by atoms with Gasteiger partial charge in [0.1, 0.15) is 0 Å². The highest BCUT2D eigenvalue weighted by molar-refractivity contribution is 5.16. The summed E-state index contributed by atoms with van der Waals surface area (Å²) in [5.41, 5.74) is 2.65. The van der Waals surface area contributed by atoms with E-state index >= 15 is 0 Å². The Morgan fingerprint density at radius 2 is 1.43 bits per heavy atom. The molecule has 0 aliphatic carbocycles. The first kappa shape index (κ1) is 16.2. The Kier molecular flexibility index (Phi) is 5.44. The molecule has 3 rings (SSSR count). The standard InChI is InChI=1S/C20H26N2O/c1-17-12-21(13-18-8-4-2-5-9-18)15-20(16-23)22(17)14-19-10-6-3-7-11-19/h2-11,17,20,23H,12-16H2,1H3/t17-,20+/m1/s1. The van der Waals surface area contributed by atoms with Gasteiger partial charge >= 0.3 is 0 Å². The summed E-state index contributed by atoms with van der Waals surface area (Å²) in [6, 6.07) is 21.8. The normalized spacial score (nSPS) is 23.0. The fraction of sp³-hybridized carbons (Fsp3) is 0.400. The van der Waals surface area contributed by atoms with Gasteiger partial charge in [0, 0.05) is 38.3 Å². The number of benzene rings is 2. The molecule has 0 saturated carbocycles. The van der Waals surface area contributed by atoms with Crippen molar-refractivity contribution in [2.24, 2.45) is 0 Å². The minimum atomic E-state index is 0.197. The molecule has 2 atom stereocenters. The highest BCUT2D eigenvalue weighted by atomic mass is 16.3. The summed E-state index contributed by atoms with van der Waals surface area (Å²) >= 11 is 0. The lowest BCUT2D eigenvalue weighted by atomic mass is 10.0. The summed E-state index contributed by atoms with van der Waals surface area (Å²) in [6.45, 7) is 6.30. The Morgan fingerprint density at radius 1 is 0.870 bits per heavy atom. The van der Waals surface area contributed by atoms with E-state index in [2.05, 4.69) is 71.3 Å². The lowest BCUT2D eigenvalue weighted by molar-refractivity contribution is -0.00429. The molecule has 0 unspecified atom stereocenters. The van der Waals surface area contributed by atoms with Gasteiger partial charge in [0.25, 0.3) is 0 Å². The minimum absolute atomic E-state index is 0.197. The second-order valence-corrected chi connectivity index (χ2v) is 6.52. The third-order valence-electron chi connectivity index (χ3n) is 4.69. The van der Waals surface area contributed by atoms with E-state index in [1.165, 1.54) is 11.1 Å². The summed E-state index contributed by atoms with van der Waals surface area (Å²) in [5, 5.41) is 9.87. The fourth-order valence-corrected chi connectivity index (χ4v) is 3.53. The van der Waals surface area contributed by atoms with Crippen molar-refractivity contribution in [3.63, 3.8) is 0 Å². The molecule has 0 bridgehead atoms. The number of hydrogen-bond donors (Lipinski definition) is 1. The molecule has 0 amide bonds. The smallest absolute Gasteiger partial charge is 0.0599 e. The predicted molar refractivity (Wildman–Crippen MR) is 94.0 cm³/mol. The Morgan fingerprint density at radius 3 is 2.00 bits per heavy atom. The van der Waals surface area contributed by atoms with Crippen LogP contribution in [0.4, 0.5) is 0 Å². The van der Waals surface area contributed by atoms with E-state index in [1.54, 1.807) is 0 Å². The molecule has 1 aliphatic heterocycles. The van der Waals surface area contributed by atoms with Gasteiger partial charge in [-0.2, -0.15) is 0 Å². The van der Waals surface area contributed by atoms with E-state index < -0.39 is 0 Å². The van der Waals surface area contributed by atoms with Crippen LogP contribution in [-0.2, 0) is 13.1 Å². The molecular weight excluding hydrogens is 284 g/mol. The molecule has 0 radical (unpaired) electrons. The van der Waals surface area contributed by atoms with E-state index in [0.29, 0.717) is 6.04 Å².